The van der Waals surface area contributed by atoms with Gasteiger partial charge in [0.2, 0.25) is 0 Å². The summed E-state index contributed by atoms with van der Waals surface area (Å²) in [5.74, 6) is 0. The summed E-state index contributed by atoms with van der Waals surface area (Å²) in [6.07, 6.45) is 2.65. The molecular weight excluding hydrogens is 168 g/mol. The van der Waals surface area contributed by atoms with Gasteiger partial charge >= 0.3 is 0 Å². The number of methoxy groups -OCH3 is 1. The Labute approximate surface area is 80.0 Å². The van der Waals surface area contributed by atoms with E-state index in [4.69, 9.17) is 14.6 Å². The lowest BCUT2D eigenvalue weighted by Gasteiger charge is -2.32. The third kappa shape index (κ3) is 3.63. The molecule has 0 saturated heterocycles. The highest BCUT2D eigenvalue weighted by molar-refractivity contribution is 4.79. The lowest BCUT2D eigenvalue weighted by Crippen LogP contribution is -2.36. The first-order valence-corrected chi connectivity index (χ1v) is 4.88. The van der Waals surface area contributed by atoms with Crippen LogP contribution in [0, 0.1) is 0 Å². The van der Waals surface area contributed by atoms with Crippen molar-refractivity contribution in [1.29, 1.82) is 0 Å². The Hall–Kier alpha value is -0.120. The van der Waals surface area contributed by atoms with E-state index in [-0.39, 0.29) is 17.8 Å². The molecule has 0 aromatic heterocycles. The molecule has 1 saturated carbocycles. The van der Waals surface area contributed by atoms with E-state index in [9.17, 15) is 0 Å². The third-order valence-corrected chi connectivity index (χ3v) is 2.68. The Bertz CT molecular complexity index is 150. The molecule has 0 amide bonds. The summed E-state index contributed by atoms with van der Waals surface area (Å²) >= 11 is 0. The van der Waals surface area contributed by atoms with Crippen LogP contribution >= 0.6 is 0 Å². The predicted octanol–water partition coefficient (Wildman–Crippen LogP) is 1.34. The van der Waals surface area contributed by atoms with Crippen molar-refractivity contribution in [3.05, 3.63) is 0 Å². The number of aliphatic hydroxyl groups excluding tert-OH is 1. The Kier molecular flexibility index (Phi) is 3.71. The summed E-state index contributed by atoms with van der Waals surface area (Å²) in [6.45, 7) is 4.82. The molecule has 1 aliphatic carbocycles. The second-order valence-electron chi connectivity index (χ2n) is 4.33. The van der Waals surface area contributed by atoms with Crippen LogP contribution in [0.4, 0.5) is 0 Å². The molecule has 0 bridgehead atoms. The summed E-state index contributed by atoms with van der Waals surface area (Å²) in [6, 6.07) is 0. The zero-order chi connectivity index (χ0) is 9.90. The molecule has 0 aromatic carbocycles. The molecule has 0 spiro atoms. The molecule has 0 aliphatic heterocycles. The molecule has 0 aromatic rings. The molecule has 3 nitrogen and oxygen atoms in total. The molecule has 1 rings (SSSR count). The lowest BCUT2D eigenvalue weighted by atomic mass is 9.92. The average molecular weight is 188 g/mol. The zero-order valence-corrected chi connectivity index (χ0v) is 8.75. The van der Waals surface area contributed by atoms with Crippen LogP contribution in [-0.2, 0) is 9.47 Å². The number of rotatable bonds is 5. The summed E-state index contributed by atoms with van der Waals surface area (Å²) in [7, 11) is 1.72. The number of aliphatic hydroxyl groups is 1. The second-order valence-corrected chi connectivity index (χ2v) is 4.33. The van der Waals surface area contributed by atoms with Gasteiger partial charge in [-0.05, 0) is 33.1 Å². The maximum absolute atomic E-state index is 9.02. The topological polar surface area (TPSA) is 38.7 Å². The molecule has 3 heteroatoms. The van der Waals surface area contributed by atoms with E-state index in [1.807, 2.05) is 13.8 Å². The fourth-order valence-electron chi connectivity index (χ4n) is 1.25. The SMILES string of the molecule is COC(C)(C)CCOC1CC(O)C1. The van der Waals surface area contributed by atoms with E-state index in [0.717, 1.165) is 25.9 Å². The molecule has 0 atom stereocenters. The molecule has 1 fully saturated rings. The van der Waals surface area contributed by atoms with Gasteiger partial charge in [0, 0.05) is 13.7 Å². The van der Waals surface area contributed by atoms with Crippen molar-refractivity contribution in [2.75, 3.05) is 13.7 Å². The van der Waals surface area contributed by atoms with E-state index in [1.54, 1.807) is 7.11 Å². The maximum Gasteiger partial charge on any atom is 0.0644 e. The molecular formula is C10H20O3. The minimum absolute atomic E-state index is 0.0949. The van der Waals surface area contributed by atoms with Gasteiger partial charge in [-0.25, -0.2) is 0 Å². The standard InChI is InChI=1S/C10H20O3/c1-10(2,12-3)4-5-13-9-6-8(11)7-9/h8-9,11H,4-7H2,1-3H3. The van der Waals surface area contributed by atoms with Crippen molar-refractivity contribution in [3.8, 4) is 0 Å². The Morgan fingerprint density at radius 3 is 2.46 bits per heavy atom. The van der Waals surface area contributed by atoms with Gasteiger partial charge in [-0.2, -0.15) is 0 Å². The van der Waals surface area contributed by atoms with Crippen LogP contribution in [0.25, 0.3) is 0 Å². The van der Waals surface area contributed by atoms with Crippen molar-refractivity contribution < 1.29 is 14.6 Å². The summed E-state index contributed by atoms with van der Waals surface area (Å²) in [5, 5.41) is 9.02. The average Bonchev–Trinajstić information content (AvgIpc) is 2.01. The van der Waals surface area contributed by atoms with Crippen LogP contribution in [0.2, 0.25) is 0 Å². The van der Waals surface area contributed by atoms with E-state index in [0.29, 0.717) is 0 Å². The number of hydrogen-bond donors (Lipinski definition) is 1. The van der Waals surface area contributed by atoms with Crippen LogP contribution in [0.1, 0.15) is 33.1 Å². The molecule has 1 aliphatic rings. The van der Waals surface area contributed by atoms with Gasteiger partial charge in [-0.3, -0.25) is 0 Å². The van der Waals surface area contributed by atoms with E-state index >= 15 is 0 Å². The summed E-state index contributed by atoms with van der Waals surface area (Å²) in [4.78, 5) is 0. The number of hydrogen-bond acceptors (Lipinski definition) is 3. The van der Waals surface area contributed by atoms with Crippen LogP contribution in [0.15, 0.2) is 0 Å². The minimum Gasteiger partial charge on any atom is -0.393 e. The van der Waals surface area contributed by atoms with Crippen molar-refractivity contribution in [1.82, 2.24) is 0 Å². The van der Waals surface area contributed by atoms with Gasteiger partial charge in [0.1, 0.15) is 0 Å². The maximum atomic E-state index is 9.02. The van der Waals surface area contributed by atoms with Gasteiger partial charge in [-0.15, -0.1) is 0 Å². The van der Waals surface area contributed by atoms with Gasteiger partial charge in [-0.1, -0.05) is 0 Å². The molecule has 0 radical (unpaired) electrons. The smallest absolute Gasteiger partial charge is 0.0644 e. The van der Waals surface area contributed by atoms with E-state index in [2.05, 4.69) is 0 Å². The van der Waals surface area contributed by atoms with Crippen molar-refractivity contribution in [3.63, 3.8) is 0 Å². The van der Waals surface area contributed by atoms with Crippen LogP contribution in [0.3, 0.4) is 0 Å². The third-order valence-electron chi connectivity index (χ3n) is 2.68. The number of ether oxygens (including phenoxy) is 2. The molecule has 13 heavy (non-hydrogen) atoms. The second kappa shape index (κ2) is 4.40. The minimum atomic E-state index is -0.125. The highest BCUT2D eigenvalue weighted by Gasteiger charge is 2.28. The lowest BCUT2D eigenvalue weighted by molar-refractivity contribution is -0.0873. The molecule has 78 valence electrons. The van der Waals surface area contributed by atoms with Gasteiger partial charge in [0.25, 0.3) is 0 Å². The molecule has 1 N–H and O–H groups in total. The highest BCUT2D eigenvalue weighted by Crippen LogP contribution is 2.24. The summed E-state index contributed by atoms with van der Waals surface area (Å²) < 4.78 is 10.8. The zero-order valence-electron chi connectivity index (χ0n) is 8.75. The molecule has 0 unspecified atom stereocenters. The normalized spacial score (nSPS) is 28.6. The summed E-state index contributed by atoms with van der Waals surface area (Å²) in [5.41, 5.74) is -0.0949. The quantitative estimate of drug-likeness (QED) is 0.707. The first-order chi connectivity index (χ1) is 6.03. The van der Waals surface area contributed by atoms with Gasteiger partial charge < -0.3 is 14.6 Å². The largest absolute Gasteiger partial charge is 0.393 e. The van der Waals surface area contributed by atoms with Gasteiger partial charge in [0.05, 0.1) is 17.8 Å². The van der Waals surface area contributed by atoms with Crippen molar-refractivity contribution in [2.24, 2.45) is 0 Å². The molecule has 0 heterocycles. The van der Waals surface area contributed by atoms with Gasteiger partial charge in [0.15, 0.2) is 0 Å². The van der Waals surface area contributed by atoms with Crippen molar-refractivity contribution >= 4 is 0 Å². The Morgan fingerprint density at radius 1 is 1.38 bits per heavy atom. The van der Waals surface area contributed by atoms with Crippen LogP contribution < -0.4 is 0 Å². The Morgan fingerprint density at radius 2 is 2.00 bits per heavy atom. The fraction of sp³-hybridized carbons (Fsp3) is 1.00. The van der Waals surface area contributed by atoms with Crippen LogP contribution in [-0.4, -0.2) is 36.6 Å². The van der Waals surface area contributed by atoms with Crippen LogP contribution in [0.5, 0.6) is 0 Å². The first-order valence-electron chi connectivity index (χ1n) is 4.88. The van der Waals surface area contributed by atoms with E-state index in [1.165, 1.54) is 0 Å². The predicted molar refractivity (Wildman–Crippen MR) is 50.7 cm³/mol. The van der Waals surface area contributed by atoms with E-state index < -0.39 is 0 Å². The van der Waals surface area contributed by atoms with Crippen molar-refractivity contribution in [2.45, 2.75) is 50.9 Å². The first kappa shape index (κ1) is 11.0. The highest BCUT2D eigenvalue weighted by atomic mass is 16.5. The monoisotopic (exact) mass is 188 g/mol. The Balaban J connectivity index is 2.01. The fourth-order valence-corrected chi connectivity index (χ4v) is 1.25.